The van der Waals surface area contributed by atoms with Crippen molar-refractivity contribution in [3.8, 4) is 0 Å². The van der Waals surface area contributed by atoms with Gasteiger partial charge in [-0.05, 0) is 31.1 Å². The normalized spacial score (nSPS) is 26.9. The summed E-state index contributed by atoms with van der Waals surface area (Å²) in [6.07, 6.45) is 9.21. The molecule has 3 heteroatoms. The van der Waals surface area contributed by atoms with Gasteiger partial charge in [-0.15, -0.1) is 0 Å². The van der Waals surface area contributed by atoms with Crippen LogP contribution >= 0.6 is 0 Å². The lowest BCUT2D eigenvalue weighted by Crippen LogP contribution is -2.19. The minimum Gasteiger partial charge on any atom is -0.300 e. The van der Waals surface area contributed by atoms with Gasteiger partial charge in [-0.25, -0.2) is 0 Å². The van der Waals surface area contributed by atoms with E-state index in [9.17, 15) is 14.4 Å². The molecule has 0 N–H and O–H groups in total. The second-order valence-corrected chi connectivity index (χ2v) is 6.18. The lowest BCUT2D eigenvalue weighted by atomic mass is 9.87. The van der Waals surface area contributed by atoms with Crippen LogP contribution in [0.25, 0.3) is 0 Å². The van der Waals surface area contributed by atoms with Crippen molar-refractivity contribution in [1.29, 1.82) is 0 Å². The number of hydrogen-bond acceptors (Lipinski definition) is 3. The zero-order valence-electron chi connectivity index (χ0n) is 12.3. The van der Waals surface area contributed by atoms with E-state index in [0.29, 0.717) is 43.9 Å². The summed E-state index contributed by atoms with van der Waals surface area (Å²) in [5.41, 5.74) is 0. The first-order valence-corrected chi connectivity index (χ1v) is 7.84. The first kappa shape index (κ1) is 15.1. The SMILES string of the molecule is CCCC(=O)CCC(=O)CCC(=O)C1CC2C=CC1C2. The van der Waals surface area contributed by atoms with Crippen molar-refractivity contribution in [3.05, 3.63) is 12.2 Å². The Hall–Kier alpha value is -1.25. The largest absolute Gasteiger partial charge is 0.300 e. The van der Waals surface area contributed by atoms with E-state index in [0.717, 1.165) is 19.3 Å². The van der Waals surface area contributed by atoms with Gasteiger partial charge in [-0.3, -0.25) is 14.4 Å². The Kier molecular flexibility index (Phi) is 5.27. The van der Waals surface area contributed by atoms with Crippen LogP contribution in [0.4, 0.5) is 0 Å². The van der Waals surface area contributed by atoms with Crippen LogP contribution in [0.2, 0.25) is 0 Å². The van der Waals surface area contributed by atoms with E-state index in [1.807, 2.05) is 6.92 Å². The third-order valence-corrected chi connectivity index (χ3v) is 4.55. The number of allylic oxidation sites excluding steroid dienone is 2. The number of ketones is 3. The molecule has 2 rings (SSSR count). The molecule has 1 fully saturated rings. The molecular weight excluding hydrogens is 252 g/mol. The van der Waals surface area contributed by atoms with Crippen molar-refractivity contribution in [3.63, 3.8) is 0 Å². The van der Waals surface area contributed by atoms with Gasteiger partial charge >= 0.3 is 0 Å². The highest BCUT2D eigenvalue weighted by atomic mass is 16.1. The predicted octanol–water partition coefficient (Wildman–Crippen LogP) is 3.27. The number of carbonyl (C=O) groups excluding carboxylic acids is 3. The van der Waals surface area contributed by atoms with Crippen molar-refractivity contribution >= 4 is 17.3 Å². The van der Waals surface area contributed by atoms with Gasteiger partial charge in [-0.2, -0.15) is 0 Å². The van der Waals surface area contributed by atoms with Crippen LogP contribution in [-0.4, -0.2) is 17.3 Å². The Morgan fingerprint density at radius 3 is 2.10 bits per heavy atom. The van der Waals surface area contributed by atoms with Crippen LogP contribution in [0, 0.1) is 17.8 Å². The maximum atomic E-state index is 12.1. The van der Waals surface area contributed by atoms with Gasteiger partial charge in [0.1, 0.15) is 17.3 Å². The highest BCUT2D eigenvalue weighted by Crippen LogP contribution is 2.44. The Bertz CT molecular complexity index is 422. The minimum atomic E-state index is 0.0569. The Labute approximate surface area is 120 Å². The Balaban J connectivity index is 1.65. The quantitative estimate of drug-likeness (QED) is 0.607. The van der Waals surface area contributed by atoms with E-state index in [1.54, 1.807) is 0 Å². The molecule has 2 aliphatic rings. The predicted molar refractivity (Wildman–Crippen MR) is 77.2 cm³/mol. The van der Waals surface area contributed by atoms with Gasteiger partial charge in [0.05, 0.1) is 0 Å². The van der Waals surface area contributed by atoms with E-state index in [-0.39, 0.29) is 23.3 Å². The van der Waals surface area contributed by atoms with E-state index >= 15 is 0 Å². The third-order valence-electron chi connectivity index (χ3n) is 4.55. The average Bonchev–Trinajstić information content (AvgIpc) is 3.05. The molecule has 0 amide bonds. The van der Waals surface area contributed by atoms with E-state index < -0.39 is 0 Å². The average molecular weight is 276 g/mol. The molecule has 20 heavy (non-hydrogen) atoms. The van der Waals surface area contributed by atoms with Crippen molar-refractivity contribution in [2.24, 2.45) is 17.8 Å². The van der Waals surface area contributed by atoms with Crippen LogP contribution < -0.4 is 0 Å². The van der Waals surface area contributed by atoms with Gasteiger partial charge in [-0.1, -0.05) is 19.1 Å². The lowest BCUT2D eigenvalue weighted by molar-refractivity contribution is -0.127. The number of rotatable bonds is 9. The van der Waals surface area contributed by atoms with Crippen LogP contribution in [0.1, 0.15) is 58.3 Å². The molecule has 3 atom stereocenters. The maximum absolute atomic E-state index is 12.1. The van der Waals surface area contributed by atoms with Gasteiger partial charge in [0.2, 0.25) is 0 Å². The molecule has 110 valence electrons. The fraction of sp³-hybridized carbons (Fsp3) is 0.706. The highest BCUT2D eigenvalue weighted by Gasteiger charge is 2.39. The zero-order chi connectivity index (χ0) is 14.5. The number of carbonyl (C=O) groups is 3. The van der Waals surface area contributed by atoms with Gasteiger partial charge in [0, 0.05) is 38.0 Å². The monoisotopic (exact) mass is 276 g/mol. The molecule has 0 aromatic carbocycles. The summed E-state index contributed by atoms with van der Waals surface area (Å²) < 4.78 is 0. The van der Waals surface area contributed by atoms with E-state index in [2.05, 4.69) is 12.2 Å². The first-order valence-electron chi connectivity index (χ1n) is 7.84. The lowest BCUT2D eigenvalue weighted by Gasteiger charge is -2.16. The summed E-state index contributed by atoms with van der Waals surface area (Å²) in [5, 5.41) is 0. The van der Waals surface area contributed by atoms with Crippen LogP contribution in [0.5, 0.6) is 0 Å². The maximum Gasteiger partial charge on any atom is 0.137 e. The standard InChI is InChI=1S/C17H24O3/c1-2-3-14(18)6-7-15(19)8-9-17(20)16-11-12-4-5-13(16)10-12/h4-5,12-13,16H,2-3,6-11H2,1H3. The molecule has 2 bridgehead atoms. The second kappa shape index (κ2) is 6.96. The van der Waals surface area contributed by atoms with Crippen LogP contribution in [0.3, 0.4) is 0 Å². The van der Waals surface area contributed by atoms with Crippen molar-refractivity contribution in [2.75, 3.05) is 0 Å². The van der Waals surface area contributed by atoms with E-state index in [4.69, 9.17) is 0 Å². The molecule has 1 saturated carbocycles. The zero-order valence-corrected chi connectivity index (χ0v) is 12.3. The fourth-order valence-electron chi connectivity index (χ4n) is 3.41. The number of fused-ring (bicyclic) bond motifs is 2. The molecular formula is C17H24O3. The Morgan fingerprint density at radius 2 is 1.55 bits per heavy atom. The van der Waals surface area contributed by atoms with Crippen LogP contribution in [-0.2, 0) is 14.4 Å². The van der Waals surface area contributed by atoms with Gasteiger partial charge in [0.15, 0.2) is 0 Å². The fourth-order valence-corrected chi connectivity index (χ4v) is 3.41. The summed E-state index contributed by atoms with van der Waals surface area (Å²) in [4.78, 5) is 35.2. The summed E-state index contributed by atoms with van der Waals surface area (Å²) >= 11 is 0. The third kappa shape index (κ3) is 3.87. The summed E-state index contributed by atoms with van der Waals surface area (Å²) in [6, 6.07) is 0. The second-order valence-electron chi connectivity index (χ2n) is 6.18. The first-order chi connectivity index (χ1) is 9.60. The number of hydrogen-bond donors (Lipinski definition) is 0. The topological polar surface area (TPSA) is 51.2 Å². The molecule has 0 aliphatic heterocycles. The molecule has 3 nitrogen and oxygen atoms in total. The van der Waals surface area contributed by atoms with Crippen LogP contribution in [0.15, 0.2) is 12.2 Å². The summed E-state index contributed by atoms with van der Waals surface area (Å²) in [6.45, 7) is 1.96. The molecule has 3 unspecified atom stereocenters. The molecule has 0 spiro atoms. The Morgan fingerprint density at radius 1 is 0.900 bits per heavy atom. The van der Waals surface area contributed by atoms with Crippen molar-refractivity contribution in [1.82, 2.24) is 0 Å². The minimum absolute atomic E-state index is 0.0569. The highest BCUT2D eigenvalue weighted by molar-refractivity contribution is 5.90. The number of Topliss-reactive ketones (excluding diaryl/α,β-unsaturated/α-hetero) is 3. The summed E-state index contributed by atoms with van der Waals surface area (Å²) in [7, 11) is 0. The molecule has 0 heterocycles. The van der Waals surface area contributed by atoms with Gasteiger partial charge in [0.25, 0.3) is 0 Å². The molecule has 0 radical (unpaired) electrons. The molecule has 2 aliphatic carbocycles. The molecule has 0 aromatic heterocycles. The molecule has 0 saturated heterocycles. The van der Waals surface area contributed by atoms with Crippen molar-refractivity contribution < 1.29 is 14.4 Å². The van der Waals surface area contributed by atoms with Crippen molar-refractivity contribution in [2.45, 2.75) is 58.3 Å². The smallest absolute Gasteiger partial charge is 0.137 e. The van der Waals surface area contributed by atoms with E-state index in [1.165, 1.54) is 0 Å². The summed E-state index contributed by atoms with van der Waals surface area (Å²) in [5.74, 6) is 1.63. The molecule has 0 aromatic rings. The van der Waals surface area contributed by atoms with Gasteiger partial charge < -0.3 is 0 Å².